The van der Waals surface area contributed by atoms with Crippen molar-refractivity contribution in [2.45, 2.75) is 18.9 Å². The molecule has 2 amide bonds. The summed E-state index contributed by atoms with van der Waals surface area (Å²) in [7, 11) is 0. The van der Waals surface area contributed by atoms with Crippen LogP contribution in [0.25, 0.3) is 0 Å². The number of nitrogens with one attached hydrogen (secondary N) is 1. The summed E-state index contributed by atoms with van der Waals surface area (Å²) in [5.74, 6) is -0.168. The Morgan fingerprint density at radius 2 is 1.92 bits per heavy atom. The minimum atomic E-state index is -0.120. The SMILES string of the molecule is O=C(NC1CCN(C(=O)c2cc(Cl)ccc2Cl)CC1)c1cccs1. The van der Waals surface area contributed by atoms with Gasteiger partial charge in [0.1, 0.15) is 0 Å². The Balaban J connectivity index is 1.57. The van der Waals surface area contributed by atoms with E-state index in [-0.39, 0.29) is 17.9 Å². The lowest BCUT2D eigenvalue weighted by molar-refractivity contribution is 0.0698. The van der Waals surface area contributed by atoms with Crippen molar-refractivity contribution in [1.82, 2.24) is 10.2 Å². The molecule has 1 saturated heterocycles. The number of carbonyl (C=O) groups excluding carboxylic acids is 2. The molecule has 0 saturated carbocycles. The molecule has 0 aliphatic carbocycles. The van der Waals surface area contributed by atoms with Crippen LogP contribution in [0.3, 0.4) is 0 Å². The third-order valence-electron chi connectivity index (χ3n) is 4.02. The summed E-state index contributed by atoms with van der Waals surface area (Å²) < 4.78 is 0. The molecule has 1 N–H and O–H groups in total. The highest BCUT2D eigenvalue weighted by molar-refractivity contribution is 7.12. The second-order valence-corrected chi connectivity index (χ2v) is 7.43. The number of rotatable bonds is 3. The smallest absolute Gasteiger partial charge is 0.261 e. The van der Waals surface area contributed by atoms with E-state index in [0.717, 1.165) is 12.8 Å². The van der Waals surface area contributed by atoms with Gasteiger partial charge in [-0.1, -0.05) is 29.3 Å². The Morgan fingerprint density at radius 1 is 1.17 bits per heavy atom. The average Bonchev–Trinajstić information content (AvgIpc) is 3.12. The van der Waals surface area contributed by atoms with Crippen molar-refractivity contribution in [3.63, 3.8) is 0 Å². The minimum Gasteiger partial charge on any atom is -0.348 e. The first-order valence-electron chi connectivity index (χ1n) is 7.63. The van der Waals surface area contributed by atoms with Crippen LogP contribution in [0, 0.1) is 0 Å². The maximum Gasteiger partial charge on any atom is 0.261 e. The van der Waals surface area contributed by atoms with Crippen LogP contribution in [-0.2, 0) is 0 Å². The van der Waals surface area contributed by atoms with Crippen molar-refractivity contribution in [1.29, 1.82) is 0 Å². The third kappa shape index (κ3) is 3.91. The van der Waals surface area contributed by atoms with Crippen LogP contribution in [0.1, 0.15) is 32.9 Å². The molecule has 3 rings (SSSR count). The van der Waals surface area contributed by atoms with E-state index in [4.69, 9.17) is 23.2 Å². The average molecular weight is 383 g/mol. The molecule has 1 fully saturated rings. The number of halogens is 2. The minimum absolute atomic E-state index is 0.0485. The van der Waals surface area contributed by atoms with E-state index in [1.54, 1.807) is 29.2 Å². The summed E-state index contributed by atoms with van der Waals surface area (Å²) in [5.41, 5.74) is 0.422. The van der Waals surface area contributed by atoms with Crippen molar-refractivity contribution < 1.29 is 9.59 Å². The van der Waals surface area contributed by atoms with Gasteiger partial charge in [-0.15, -0.1) is 11.3 Å². The first-order valence-corrected chi connectivity index (χ1v) is 9.27. The van der Waals surface area contributed by atoms with Gasteiger partial charge < -0.3 is 10.2 Å². The molecule has 2 heterocycles. The molecule has 126 valence electrons. The predicted octanol–water partition coefficient (Wildman–Crippen LogP) is 4.09. The normalized spacial score (nSPS) is 15.3. The Labute approximate surface area is 154 Å². The van der Waals surface area contributed by atoms with Gasteiger partial charge in [0.2, 0.25) is 0 Å². The summed E-state index contributed by atoms with van der Waals surface area (Å²) in [5, 5.41) is 5.79. The molecule has 0 unspecified atom stereocenters. The maximum absolute atomic E-state index is 12.6. The zero-order chi connectivity index (χ0) is 17.1. The number of hydrogen-bond donors (Lipinski definition) is 1. The highest BCUT2D eigenvalue weighted by Crippen LogP contribution is 2.23. The van der Waals surface area contributed by atoms with Gasteiger partial charge in [-0.05, 0) is 42.5 Å². The fourth-order valence-corrected chi connectivity index (χ4v) is 3.72. The fraction of sp³-hybridized carbons (Fsp3) is 0.294. The van der Waals surface area contributed by atoms with Crippen molar-refractivity contribution >= 4 is 46.4 Å². The largest absolute Gasteiger partial charge is 0.348 e. The molecule has 1 aromatic heterocycles. The standard InChI is InChI=1S/C17H16Cl2N2O2S/c18-11-3-4-14(19)13(10-11)17(23)21-7-5-12(6-8-21)20-16(22)15-2-1-9-24-15/h1-4,9-10,12H,5-8H2,(H,20,22). The fourth-order valence-electron chi connectivity index (χ4n) is 2.72. The Morgan fingerprint density at radius 3 is 2.58 bits per heavy atom. The summed E-state index contributed by atoms with van der Waals surface area (Å²) in [6.07, 6.45) is 1.45. The van der Waals surface area contributed by atoms with Crippen LogP contribution >= 0.6 is 34.5 Å². The molecule has 1 aliphatic heterocycles. The van der Waals surface area contributed by atoms with E-state index in [9.17, 15) is 9.59 Å². The number of amides is 2. The highest BCUT2D eigenvalue weighted by atomic mass is 35.5. The summed E-state index contributed by atoms with van der Waals surface area (Å²) in [6.45, 7) is 1.16. The van der Waals surface area contributed by atoms with Gasteiger partial charge in [0.25, 0.3) is 11.8 Å². The Kier molecular flexibility index (Phi) is 5.43. The van der Waals surface area contributed by atoms with E-state index in [1.807, 2.05) is 11.4 Å². The van der Waals surface area contributed by atoms with Crippen molar-refractivity contribution in [3.05, 3.63) is 56.2 Å². The Bertz CT molecular complexity index is 741. The van der Waals surface area contributed by atoms with Gasteiger partial charge in [-0.25, -0.2) is 0 Å². The molecule has 0 atom stereocenters. The monoisotopic (exact) mass is 382 g/mol. The topological polar surface area (TPSA) is 49.4 Å². The van der Waals surface area contributed by atoms with Crippen LogP contribution < -0.4 is 5.32 Å². The molecule has 0 bridgehead atoms. The van der Waals surface area contributed by atoms with Crippen molar-refractivity contribution in [3.8, 4) is 0 Å². The molecular formula is C17H16Cl2N2O2S. The van der Waals surface area contributed by atoms with Gasteiger partial charge in [0.05, 0.1) is 15.5 Å². The van der Waals surface area contributed by atoms with Crippen LogP contribution in [-0.4, -0.2) is 35.8 Å². The third-order valence-corrected chi connectivity index (χ3v) is 5.45. The van der Waals surface area contributed by atoms with E-state index in [1.165, 1.54) is 11.3 Å². The van der Waals surface area contributed by atoms with E-state index >= 15 is 0 Å². The van der Waals surface area contributed by atoms with Gasteiger partial charge in [0, 0.05) is 24.2 Å². The van der Waals surface area contributed by atoms with Crippen LogP contribution in [0.5, 0.6) is 0 Å². The van der Waals surface area contributed by atoms with Crippen molar-refractivity contribution in [2.24, 2.45) is 0 Å². The molecule has 7 heteroatoms. The van der Waals surface area contributed by atoms with Crippen molar-refractivity contribution in [2.75, 3.05) is 13.1 Å². The second kappa shape index (κ2) is 7.55. The maximum atomic E-state index is 12.6. The first kappa shape index (κ1) is 17.3. The predicted molar refractivity (Wildman–Crippen MR) is 97.2 cm³/mol. The summed E-state index contributed by atoms with van der Waals surface area (Å²) in [6, 6.07) is 8.63. The molecule has 1 aromatic carbocycles. The van der Waals surface area contributed by atoms with Gasteiger partial charge in [-0.3, -0.25) is 9.59 Å². The van der Waals surface area contributed by atoms with E-state index < -0.39 is 0 Å². The lowest BCUT2D eigenvalue weighted by atomic mass is 10.0. The molecule has 0 radical (unpaired) electrons. The van der Waals surface area contributed by atoms with Crippen LogP contribution in [0.2, 0.25) is 10.0 Å². The summed E-state index contributed by atoms with van der Waals surface area (Å²) in [4.78, 5) is 27.1. The molecule has 2 aromatic rings. The second-order valence-electron chi connectivity index (χ2n) is 5.64. The zero-order valence-corrected chi connectivity index (χ0v) is 15.1. The van der Waals surface area contributed by atoms with Gasteiger partial charge in [0.15, 0.2) is 0 Å². The zero-order valence-electron chi connectivity index (χ0n) is 12.8. The number of piperidine rings is 1. The first-order chi connectivity index (χ1) is 11.5. The van der Waals surface area contributed by atoms with Gasteiger partial charge >= 0.3 is 0 Å². The number of carbonyl (C=O) groups is 2. The number of nitrogens with zero attached hydrogens (tertiary/aromatic N) is 1. The van der Waals surface area contributed by atoms with Crippen LogP contribution in [0.15, 0.2) is 35.7 Å². The number of likely N-dealkylation sites (tertiary alicyclic amines) is 1. The van der Waals surface area contributed by atoms with Gasteiger partial charge in [-0.2, -0.15) is 0 Å². The van der Waals surface area contributed by atoms with Crippen LogP contribution in [0.4, 0.5) is 0 Å². The lowest BCUT2D eigenvalue weighted by Gasteiger charge is -2.32. The number of thiophene rings is 1. The molecular weight excluding hydrogens is 367 g/mol. The van der Waals surface area contributed by atoms with E-state index in [2.05, 4.69) is 5.32 Å². The number of benzene rings is 1. The molecule has 0 spiro atoms. The summed E-state index contributed by atoms with van der Waals surface area (Å²) >= 11 is 13.5. The molecule has 4 nitrogen and oxygen atoms in total. The Hall–Kier alpha value is -1.56. The quantitative estimate of drug-likeness (QED) is 0.868. The highest BCUT2D eigenvalue weighted by Gasteiger charge is 2.26. The molecule has 1 aliphatic rings. The molecule has 24 heavy (non-hydrogen) atoms. The van der Waals surface area contributed by atoms with E-state index in [0.29, 0.717) is 33.6 Å². The lowest BCUT2D eigenvalue weighted by Crippen LogP contribution is -2.46. The number of hydrogen-bond acceptors (Lipinski definition) is 3.